The van der Waals surface area contributed by atoms with Crippen molar-refractivity contribution in [2.75, 3.05) is 5.32 Å². The first kappa shape index (κ1) is 18.1. The molecule has 0 amide bonds. The second-order valence-electron chi connectivity index (χ2n) is 7.77. The molecule has 0 radical (unpaired) electrons. The normalized spacial score (nSPS) is 13.0. The van der Waals surface area contributed by atoms with Crippen molar-refractivity contribution in [1.29, 1.82) is 0 Å². The highest BCUT2D eigenvalue weighted by Gasteiger charge is 2.19. The largest absolute Gasteiger partial charge is 0.362 e. The molecule has 0 fully saturated rings. The van der Waals surface area contributed by atoms with Crippen molar-refractivity contribution in [3.05, 3.63) is 47.0 Å². The number of aromatic nitrogens is 6. The van der Waals surface area contributed by atoms with Gasteiger partial charge in [-0.2, -0.15) is 10.2 Å². The van der Waals surface area contributed by atoms with Crippen molar-refractivity contribution in [3.63, 3.8) is 0 Å². The van der Waals surface area contributed by atoms with Crippen molar-refractivity contribution in [2.24, 2.45) is 0 Å². The maximum Gasteiger partial charge on any atom is 0.176 e. The average Bonchev–Trinajstić information content (AvgIpc) is 3.10. The molecule has 0 aromatic carbocycles. The molecule has 0 bridgehead atoms. The van der Waals surface area contributed by atoms with E-state index >= 15 is 0 Å². The van der Waals surface area contributed by atoms with E-state index < -0.39 is 0 Å². The minimum Gasteiger partial charge on any atom is -0.362 e. The van der Waals surface area contributed by atoms with Gasteiger partial charge in [0.2, 0.25) is 0 Å². The molecule has 1 N–H and O–H groups in total. The summed E-state index contributed by atoms with van der Waals surface area (Å²) in [6.45, 7) is 14.5. The highest BCUT2D eigenvalue weighted by Crippen LogP contribution is 2.23. The number of anilines is 1. The maximum atomic E-state index is 4.64. The van der Waals surface area contributed by atoms with E-state index in [9.17, 15) is 0 Å². The summed E-state index contributed by atoms with van der Waals surface area (Å²) in [7, 11) is 0. The van der Waals surface area contributed by atoms with Gasteiger partial charge in [0.25, 0.3) is 0 Å². The molecular weight excluding hydrogens is 326 g/mol. The fourth-order valence-electron chi connectivity index (χ4n) is 2.92. The fourth-order valence-corrected chi connectivity index (χ4v) is 2.92. The second kappa shape index (κ2) is 6.55. The summed E-state index contributed by atoms with van der Waals surface area (Å²) in [5.74, 6) is 1.44. The van der Waals surface area contributed by atoms with Gasteiger partial charge < -0.3 is 5.32 Å². The molecule has 3 rings (SSSR count). The summed E-state index contributed by atoms with van der Waals surface area (Å²) in [6.07, 6.45) is 2.10. The predicted molar refractivity (Wildman–Crippen MR) is 103 cm³/mol. The van der Waals surface area contributed by atoms with Gasteiger partial charge in [-0.05, 0) is 66.7 Å². The van der Waals surface area contributed by atoms with Crippen LogP contribution in [0.15, 0.2) is 24.4 Å². The van der Waals surface area contributed by atoms with Crippen LogP contribution in [0.5, 0.6) is 0 Å². The lowest BCUT2D eigenvalue weighted by Gasteiger charge is -2.19. The summed E-state index contributed by atoms with van der Waals surface area (Å²) < 4.78 is 3.81. The summed E-state index contributed by atoms with van der Waals surface area (Å²) >= 11 is 0. The molecule has 3 aromatic heterocycles. The molecule has 26 heavy (non-hydrogen) atoms. The molecule has 0 saturated carbocycles. The highest BCUT2D eigenvalue weighted by atomic mass is 15.4. The Morgan fingerprint density at radius 1 is 1.04 bits per heavy atom. The third-order valence-corrected chi connectivity index (χ3v) is 4.33. The first-order valence-electron chi connectivity index (χ1n) is 8.85. The maximum absolute atomic E-state index is 4.64. The lowest BCUT2D eigenvalue weighted by molar-refractivity contribution is 0.354. The topological polar surface area (TPSA) is 73.5 Å². The number of nitrogens with zero attached hydrogens (tertiary/aromatic N) is 6. The molecule has 1 atom stereocenters. The fraction of sp³-hybridized carbons (Fsp3) is 0.474. The van der Waals surface area contributed by atoms with Gasteiger partial charge in [0, 0.05) is 17.5 Å². The van der Waals surface area contributed by atoms with Crippen molar-refractivity contribution < 1.29 is 0 Å². The van der Waals surface area contributed by atoms with E-state index in [0.717, 1.165) is 28.5 Å². The molecule has 0 saturated heterocycles. The summed E-state index contributed by atoms with van der Waals surface area (Å²) in [5.41, 5.74) is 4.14. The Hall–Kier alpha value is -2.70. The first-order valence-corrected chi connectivity index (χ1v) is 8.85. The van der Waals surface area contributed by atoms with Gasteiger partial charge in [-0.3, -0.25) is 4.68 Å². The van der Waals surface area contributed by atoms with E-state index in [1.807, 2.05) is 43.7 Å². The highest BCUT2D eigenvalue weighted by molar-refractivity contribution is 5.40. The second-order valence-corrected chi connectivity index (χ2v) is 7.77. The van der Waals surface area contributed by atoms with Crippen LogP contribution in [0.1, 0.15) is 56.4 Å². The van der Waals surface area contributed by atoms with Gasteiger partial charge in [-0.25, -0.2) is 4.68 Å². The summed E-state index contributed by atoms with van der Waals surface area (Å²) in [4.78, 5) is 0. The monoisotopic (exact) mass is 353 g/mol. The quantitative estimate of drug-likeness (QED) is 0.774. The molecule has 1 unspecified atom stereocenters. The van der Waals surface area contributed by atoms with Crippen LogP contribution in [0.25, 0.3) is 5.82 Å². The average molecular weight is 353 g/mol. The van der Waals surface area contributed by atoms with E-state index in [1.54, 1.807) is 4.68 Å². The molecular formula is C19H27N7. The van der Waals surface area contributed by atoms with Gasteiger partial charge >= 0.3 is 0 Å². The van der Waals surface area contributed by atoms with Crippen LogP contribution in [-0.4, -0.2) is 29.8 Å². The Balaban J connectivity index is 1.77. The number of aryl methyl sites for hydroxylation is 3. The van der Waals surface area contributed by atoms with E-state index in [-0.39, 0.29) is 11.6 Å². The Kier molecular flexibility index (Phi) is 4.56. The third-order valence-electron chi connectivity index (χ3n) is 4.33. The van der Waals surface area contributed by atoms with Crippen molar-refractivity contribution in [1.82, 2.24) is 29.8 Å². The van der Waals surface area contributed by atoms with Crippen molar-refractivity contribution in [2.45, 2.75) is 60.0 Å². The number of rotatable bonds is 4. The van der Waals surface area contributed by atoms with Crippen LogP contribution in [0, 0.1) is 20.8 Å². The molecule has 0 aliphatic carbocycles. The van der Waals surface area contributed by atoms with Crippen LogP contribution in [0.2, 0.25) is 0 Å². The zero-order valence-corrected chi connectivity index (χ0v) is 16.6. The molecule has 138 valence electrons. The van der Waals surface area contributed by atoms with Crippen LogP contribution in [-0.2, 0) is 5.54 Å². The van der Waals surface area contributed by atoms with Crippen LogP contribution in [0.3, 0.4) is 0 Å². The van der Waals surface area contributed by atoms with Gasteiger partial charge in [0.1, 0.15) is 5.82 Å². The molecule has 7 nitrogen and oxygen atoms in total. The molecule has 0 aliphatic heterocycles. The lowest BCUT2D eigenvalue weighted by atomic mass is 10.1. The minimum absolute atomic E-state index is 0.0378. The Morgan fingerprint density at radius 2 is 1.77 bits per heavy atom. The van der Waals surface area contributed by atoms with Crippen molar-refractivity contribution >= 4 is 5.82 Å². The molecule has 0 spiro atoms. The summed E-state index contributed by atoms with van der Waals surface area (Å²) in [6, 6.07) is 5.96. The molecule has 3 aromatic rings. The van der Waals surface area contributed by atoms with E-state index in [1.165, 1.54) is 0 Å². The van der Waals surface area contributed by atoms with Gasteiger partial charge in [-0.1, -0.05) is 0 Å². The zero-order chi connectivity index (χ0) is 19.1. The molecule has 7 heteroatoms. The van der Waals surface area contributed by atoms with E-state index in [2.05, 4.69) is 59.6 Å². The van der Waals surface area contributed by atoms with Crippen LogP contribution < -0.4 is 5.32 Å². The standard InChI is InChI=1S/C19H27N7/c1-12-10-13(2)26(23-12)18-9-8-17(21-22-18)20-14(3)16-11-25(19(5,6)7)24-15(16)4/h8-11,14H,1-7H3,(H,20,21). The van der Waals surface area contributed by atoms with Gasteiger partial charge in [0.15, 0.2) is 5.82 Å². The minimum atomic E-state index is -0.0378. The van der Waals surface area contributed by atoms with Crippen LogP contribution >= 0.6 is 0 Å². The first-order chi connectivity index (χ1) is 12.1. The SMILES string of the molecule is Cc1cc(C)n(-c2ccc(NC(C)c3cn(C(C)(C)C)nc3C)nn2)n1. The molecule has 0 aliphatic rings. The Bertz CT molecular complexity index is 897. The summed E-state index contributed by atoms with van der Waals surface area (Å²) in [5, 5.41) is 21.1. The van der Waals surface area contributed by atoms with Crippen LogP contribution in [0.4, 0.5) is 5.82 Å². The molecule has 3 heterocycles. The number of nitrogens with one attached hydrogen (secondary N) is 1. The third kappa shape index (κ3) is 3.61. The number of hydrogen-bond acceptors (Lipinski definition) is 5. The zero-order valence-electron chi connectivity index (χ0n) is 16.6. The smallest absolute Gasteiger partial charge is 0.176 e. The predicted octanol–water partition coefficient (Wildman–Crippen LogP) is 3.71. The van der Waals surface area contributed by atoms with Crippen molar-refractivity contribution in [3.8, 4) is 5.82 Å². The lowest BCUT2D eigenvalue weighted by Crippen LogP contribution is -2.22. The Morgan fingerprint density at radius 3 is 2.27 bits per heavy atom. The number of hydrogen-bond donors (Lipinski definition) is 1. The van der Waals surface area contributed by atoms with Gasteiger partial charge in [0.05, 0.1) is 23.0 Å². The Labute approximate surface area is 154 Å². The van der Waals surface area contributed by atoms with Gasteiger partial charge in [-0.15, -0.1) is 10.2 Å². The van der Waals surface area contributed by atoms with E-state index in [0.29, 0.717) is 5.82 Å². The van der Waals surface area contributed by atoms with E-state index in [4.69, 9.17) is 0 Å².